The van der Waals surface area contributed by atoms with Crippen molar-refractivity contribution in [1.29, 1.82) is 0 Å². The Morgan fingerprint density at radius 1 is 1.43 bits per heavy atom. The van der Waals surface area contributed by atoms with Gasteiger partial charge in [0.1, 0.15) is 0 Å². The zero-order chi connectivity index (χ0) is 10.7. The van der Waals surface area contributed by atoms with Crippen LogP contribution in [0, 0.1) is 11.8 Å². The van der Waals surface area contributed by atoms with Crippen LogP contribution in [0.5, 0.6) is 0 Å². The topological polar surface area (TPSA) is 74.6 Å². The first-order valence-corrected chi connectivity index (χ1v) is 4.36. The van der Waals surface area contributed by atoms with Crippen molar-refractivity contribution in [2.24, 2.45) is 11.8 Å². The molecular formula is C10H12O4. The first-order valence-electron chi connectivity index (χ1n) is 4.36. The highest BCUT2D eigenvalue weighted by Crippen LogP contribution is 2.22. The Morgan fingerprint density at radius 3 is 2.43 bits per heavy atom. The molecule has 0 aromatic heterocycles. The van der Waals surface area contributed by atoms with E-state index >= 15 is 0 Å². The predicted octanol–water partition coefficient (Wildman–Crippen LogP) is 1.29. The van der Waals surface area contributed by atoms with Crippen molar-refractivity contribution in [3.8, 4) is 0 Å². The highest BCUT2D eigenvalue weighted by Gasteiger charge is 2.29. The number of rotatable bonds is 3. The van der Waals surface area contributed by atoms with Gasteiger partial charge in [-0.3, -0.25) is 9.59 Å². The van der Waals surface area contributed by atoms with Crippen molar-refractivity contribution in [1.82, 2.24) is 0 Å². The molecule has 1 aliphatic rings. The molecule has 76 valence electrons. The standard InChI is InChI=1S/C10H12O4/c1-6-3-2-4-7(5-6)8(9(11)12)10(13)14/h2,4-6,8H,3H2,1H3,(H,11,12)(H,13,14). The summed E-state index contributed by atoms with van der Waals surface area (Å²) in [4.78, 5) is 21.4. The molecule has 0 aromatic rings. The Morgan fingerprint density at radius 2 is 2.00 bits per heavy atom. The summed E-state index contributed by atoms with van der Waals surface area (Å²) in [6.07, 6.45) is 5.91. The van der Waals surface area contributed by atoms with E-state index in [9.17, 15) is 9.59 Å². The first-order chi connectivity index (χ1) is 6.52. The Labute approximate surface area is 81.6 Å². The molecule has 4 nitrogen and oxygen atoms in total. The van der Waals surface area contributed by atoms with Crippen molar-refractivity contribution in [3.63, 3.8) is 0 Å². The molecule has 0 saturated carbocycles. The molecule has 1 atom stereocenters. The van der Waals surface area contributed by atoms with Gasteiger partial charge in [-0.1, -0.05) is 25.2 Å². The van der Waals surface area contributed by atoms with Crippen molar-refractivity contribution >= 4 is 11.9 Å². The van der Waals surface area contributed by atoms with Crippen molar-refractivity contribution in [2.75, 3.05) is 0 Å². The molecule has 0 saturated heterocycles. The summed E-state index contributed by atoms with van der Waals surface area (Å²) in [6, 6.07) is 0. The van der Waals surface area contributed by atoms with Crippen LogP contribution in [0.4, 0.5) is 0 Å². The second kappa shape index (κ2) is 4.09. The molecule has 0 amide bonds. The van der Waals surface area contributed by atoms with Gasteiger partial charge in [0.05, 0.1) is 0 Å². The van der Waals surface area contributed by atoms with Gasteiger partial charge in [-0.05, 0) is 17.9 Å². The van der Waals surface area contributed by atoms with Crippen LogP contribution >= 0.6 is 0 Å². The number of hydrogen-bond acceptors (Lipinski definition) is 2. The van der Waals surface area contributed by atoms with E-state index in [1.807, 2.05) is 6.92 Å². The molecule has 4 heteroatoms. The Balaban J connectivity index is 2.94. The minimum Gasteiger partial charge on any atom is -0.480 e. The van der Waals surface area contributed by atoms with Crippen LogP contribution in [0.3, 0.4) is 0 Å². The largest absolute Gasteiger partial charge is 0.480 e. The summed E-state index contributed by atoms with van der Waals surface area (Å²) in [6.45, 7) is 1.92. The molecule has 2 N–H and O–H groups in total. The molecule has 0 fully saturated rings. The lowest BCUT2D eigenvalue weighted by Crippen LogP contribution is -2.25. The highest BCUT2D eigenvalue weighted by atomic mass is 16.4. The van der Waals surface area contributed by atoms with Crippen LogP contribution < -0.4 is 0 Å². The fourth-order valence-corrected chi connectivity index (χ4v) is 1.45. The van der Waals surface area contributed by atoms with E-state index in [2.05, 4.69) is 0 Å². The lowest BCUT2D eigenvalue weighted by molar-refractivity contribution is -0.152. The van der Waals surface area contributed by atoms with Crippen LogP contribution in [0.1, 0.15) is 13.3 Å². The minimum absolute atomic E-state index is 0.205. The summed E-state index contributed by atoms with van der Waals surface area (Å²) >= 11 is 0. The quantitative estimate of drug-likeness (QED) is 0.667. The van der Waals surface area contributed by atoms with Gasteiger partial charge in [-0.15, -0.1) is 0 Å². The average molecular weight is 196 g/mol. The van der Waals surface area contributed by atoms with Crippen molar-refractivity contribution in [3.05, 3.63) is 23.8 Å². The molecular weight excluding hydrogens is 184 g/mol. The zero-order valence-electron chi connectivity index (χ0n) is 7.80. The summed E-state index contributed by atoms with van der Waals surface area (Å²) in [5.74, 6) is -3.87. The third kappa shape index (κ3) is 2.22. The van der Waals surface area contributed by atoms with Crippen LogP contribution in [-0.4, -0.2) is 22.2 Å². The third-order valence-electron chi connectivity index (χ3n) is 2.12. The maximum atomic E-state index is 10.7. The summed E-state index contributed by atoms with van der Waals surface area (Å²) in [7, 11) is 0. The summed E-state index contributed by atoms with van der Waals surface area (Å²) in [5, 5.41) is 17.5. The lowest BCUT2D eigenvalue weighted by Gasteiger charge is -2.15. The second-order valence-corrected chi connectivity index (χ2v) is 3.39. The molecule has 1 unspecified atom stereocenters. The van der Waals surface area contributed by atoms with Gasteiger partial charge in [-0.25, -0.2) is 0 Å². The van der Waals surface area contributed by atoms with Gasteiger partial charge in [0.15, 0.2) is 5.92 Å². The molecule has 0 heterocycles. The van der Waals surface area contributed by atoms with Gasteiger partial charge in [0.25, 0.3) is 0 Å². The fourth-order valence-electron chi connectivity index (χ4n) is 1.45. The molecule has 1 aliphatic carbocycles. The Hall–Kier alpha value is -1.58. The van der Waals surface area contributed by atoms with Crippen LogP contribution in [-0.2, 0) is 9.59 Å². The Bertz CT molecular complexity index is 300. The van der Waals surface area contributed by atoms with Gasteiger partial charge < -0.3 is 10.2 Å². The highest BCUT2D eigenvalue weighted by molar-refractivity contribution is 5.97. The molecule has 0 aromatic carbocycles. The van der Waals surface area contributed by atoms with Gasteiger partial charge in [-0.2, -0.15) is 0 Å². The number of aliphatic carboxylic acids is 2. The average Bonchev–Trinajstić information content (AvgIpc) is 2.02. The summed E-state index contributed by atoms with van der Waals surface area (Å²) < 4.78 is 0. The SMILES string of the molecule is CC1C=C(C(C(=O)O)C(=O)O)C=CC1. The van der Waals surface area contributed by atoms with Crippen LogP contribution in [0.2, 0.25) is 0 Å². The molecule has 0 spiro atoms. The van der Waals surface area contributed by atoms with Crippen molar-refractivity contribution < 1.29 is 19.8 Å². The molecule has 14 heavy (non-hydrogen) atoms. The van der Waals surface area contributed by atoms with Crippen molar-refractivity contribution in [2.45, 2.75) is 13.3 Å². The number of carbonyl (C=O) groups is 2. The van der Waals surface area contributed by atoms with Crippen LogP contribution in [0.15, 0.2) is 23.8 Å². The first kappa shape index (κ1) is 10.5. The monoisotopic (exact) mass is 196 g/mol. The number of carboxylic acids is 2. The predicted molar refractivity (Wildman–Crippen MR) is 49.8 cm³/mol. The van der Waals surface area contributed by atoms with Gasteiger partial charge in [0.2, 0.25) is 0 Å². The second-order valence-electron chi connectivity index (χ2n) is 3.39. The van der Waals surface area contributed by atoms with E-state index in [4.69, 9.17) is 10.2 Å². The van der Waals surface area contributed by atoms with E-state index < -0.39 is 17.9 Å². The van der Waals surface area contributed by atoms with E-state index in [1.165, 1.54) is 0 Å². The summed E-state index contributed by atoms with van der Waals surface area (Å²) in [5.41, 5.74) is 0.365. The van der Waals surface area contributed by atoms with Gasteiger partial charge >= 0.3 is 11.9 Å². The molecule has 0 radical (unpaired) electrons. The fraction of sp³-hybridized carbons (Fsp3) is 0.400. The van der Waals surface area contributed by atoms with E-state index in [1.54, 1.807) is 18.2 Å². The van der Waals surface area contributed by atoms with E-state index in [-0.39, 0.29) is 5.92 Å². The number of carboxylic acid groups (broad SMARTS) is 2. The maximum absolute atomic E-state index is 10.7. The molecule has 1 rings (SSSR count). The number of allylic oxidation sites excluding steroid dienone is 3. The van der Waals surface area contributed by atoms with E-state index in [0.29, 0.717) is 5.57 Å². The minimum atomic E-state index is -1.44. The lowest BCUT2D eigenvalue weighted by atomic mass is 9.90. The normalized spacial score (nSPS) is 20.7. The third-order valence-corrected chi connectivity index (χ3v) is 2.12. The smallest absolute Gasteiger partial charge is 0.322 e. The molecule has 0 aliphatic heterocycles. The number of hydrogen-bond donors (Lipinski definition) is 2. The van der Waals surface area contributed by atoms with E-state index in [0.717, 1.165) is 6.42 Å². The van der Waals surface area contributed by atoms with Crippen LogP contribution in [0.25, 0.3) is 0 Å². The maximum Gasteiger partial charge on any atom is 0.322 e. The Kier molecular flexibility index (Phi) is 3.06. The molecule has 0 bridgehead atoms. The zero-order valence-corrected chi connectivity index (χ0v) is 7.80. The van der Waals surface area contributed by atoms with Gasteiger partial charge in [0, 0.05) is 0 Å².